The van der Waals surface area contributed by atoms with Gasteiger partial charge in [0.1, 0.15) is 10.8 Å². The zero-order valence-corrected chi connectivity index (χ0v) is 24.0. The van der Waals surface area contributed by atoms with Gasteiger partial charge >= 0.3 is 23.8 Å². The van der Waals surface area contributed by atoms with Gasteiger partial charge in [-0.05, 0) is 84.3 Å². The molecule has 0 saturated heterocycles. The first-order chi connectivity index (χ1) is 20.3. The second-order valence-corrected chi connectivity index (χ2v) is 11.0. The number of hydrazone groups is 1. The molecule has 0 saturated carbocycles. The zero-order chi connectivity index (χ0) is 29.6. The van der Waals surface area contributed by atoms with Crippen LogP contribution < -0.4 is 15.5 Å². The number of esters is 2. The van der Waals surface area contributed by atoms with E-state index >= 15 is 0 Å². The summed E-state index contributed by atoms with van der Waals surface area (Å²) in [6.07, 6.45) is 3.82. The molecule has 0 aliphatic heterocycles. The second-order valence-electron chi connectivity index (χ2n) is 9.91. The Labute approximate surface area is 246 Å². The molecule has 10 heteroatoms. The van der Waals surface area contributed by atoms with Crippen molar-refractivity contribution in [3.05, 3.63) is 93.9 Å². The highest BCUT2D eigenvalue weighted by Crippen LogP contribution is 2.40. The molecule has 5 rings (SSSR count). The van der Waals surface area contributed by atoms with Gasteiger partial charge < -0.3 is 14.8 Å². The molecule has 1 aliphatic carbocycles. The van der Waals surface area contributed by atoms with Crippen LogP contribution in [-0.2, 0) is 27.2 Å². The molecule has 0 fully saturated rings. The monoisotopic (exact) mass is 583 g/mol. The summed E-state index contributed by atoms with van der Waals surface area (Å²) in [6.45, 7) is 4.06. The highest BCUT2D eigenvalue weighted by Gasteiger charge is 2.30. The largest absolute Gasteiger partial charge is 0.462 e. The minimum atomic E-state index is -0.985. The minimum absolute atomic E-state index is 0.204. The minimum Gasteiger partial charge on any atom is -0.462 e. The van der Waals surface area contributed by atoms with Gasteiger partial charge in [-0.3, -0.25) is 9.59 Å². The standard InChI is InChI=1S/C32H29N3O6S/c1-3-40-32(39)27-25-16-11-19(2)17-26(25)42-30(27)34-28(36)29(37)35-33-18-20-12-14-22(15-13-20)41-31(38)24-10-6-8-21-7-4-5-9-23(21)24/h4-10,12-15,18-19H,3,11,16-17H2,1-2H3,(H,34,36)(H,35,37)/b33-18-/t19-/m0/s1. The van der Waals surface area contributed by atoms with E-state index < -0.39 is 23.8 Å². The van der Waals surface area contributed by atoms with Crippen LogP contribution in [0.15, 0.2) is 71.8 Å². The Hall–Kier alpha value is -4.83. The fraction of sp³-hybridized carbons (Fsp3) is 0.219. The number of ether oxygens (including phenoxy) is 2. The number of anilines is 1. The van der Waals surface area contributed by atoms with E-state index in [1.165, 1.54) is 17.6 Å². The van der Waals surface area contributed by atoms with Crippen molar-refractivity contribution in [1.82, 2.24) is 5.43 Å². The molecule has 3 aromatic carbocycles. The van der Waals surface area contributed by atoms with Crippen molar-refractivity contribution in [3.63, 3.8) is 0 Å². The molecule has 0 radical (unpaired) electrons. The van der Waals surface area contributed by atoms with Gasteiger partial charge in [0.25, 0.3) is 0 Å². The van der Waals surface area contributed by atoms with Gasteiger partial charge in [-0.1, -0.05) is 43.3 Å². The number of nitrogens with one attached hydrogen (secondary N) is 2. The zero-order valence-electron chi connectivity index (χ0n) is 23.1. The summed E-state index contributed by atoms with van der Waals surface area (Å²) in [6, 6.07) is 19.6. The van der Waals surface area contributed by atoms with Gasteiger partial charge in [-0.15, -0.1) is 11.3 Å². The first-order valence-electron chi connectivity index (χ1n) is 13.6. The number of carbonyl (C=O) groups is 4. The van der Waals surface area contributed by atoms with Crippen LogP contribution in [0, 0.1) is 5.92 Å². The molecular weight excluding hydrogens is 554 g/mol. The molecule has 0 spiro atoms. The summed E-state index contributed by atoms with van der Waals surface area (Å²) in [4.78, 5) is 51.5. The van der Waals surface area contributed by atoms with Gasteiger partial charge in [0.2, 0.25) is 0 Å². The summed E-state index contributed by atoms with van der Waals surface area (Å²) in [5.41, 5.74) is 4.48. The van der Waals surface area contributed by atoms with Crippen molar-refractivity contribution in [2.24, 2.45) is 11.0 Å². The SMILES string of the molecule is CCOC(=O)c1c(NC(=O)C(=O)N/N=C\c2ccc(OC(=O)c3cccc4ccccc34)cc2)sc2c1CC[C@H](C)C2. The van der Waals surface area contributed by atoms with Crippen LogP contribution in [0.25, 0.3) is 10.8 Å². The van der Waals surface area contributed by atoms with Crippen LogP contribution in [0.3, 0.4) is 0 Å². The Balaban J connectivity index is 1.19. The van der Waals surface area contributed by atoms with Crippen molar-refractivity contribution < 1.29 is 28.7 Å². The highest BCUT2D eigenvalue weighted by molar-refractivity contribution is 7.17. The summed E-state index contributed by atoms with van der Waals surface area (Å²) in [5.74, 6) is -2.10. The number of nitrogens with zero attached hydrogens (tertiary/aromatic N) is 1. The van der Waals surface area contributed by atoms with Gasteiger partial charge in [-0.25, -0.2) is 15.0 Å². The second kappa shape index (κ2) is 12.8. The Morgan fingerprint density at radius 2 is 1.74 bits per heavy atom. The van der Waals surface area contributed by atoms with E-state index in [1.54, 1.807) is 43.3 Å². The molecule has 1 aliphatic rings. The molecule has 1 aromatic heterocycles. The van der Waals surface area contributed by atoms with E-state index in [9.17, 15) is 19.2 Å². The smallest absolute Gasteiger partial charge is 0.344 e. The Bertz CT molecular complexity index is 1690. The number of thiophene rings is 1. The molecule has 2 amide bonds. The number of carbonyl (C=O) groups excluding carboxylic acids is 4. The van der Waals surface area contributed by atoms with Crippen LogP contribution in [0.1, 0.15) is 57.0 Å². The quantitative estimate of drug-likeness (QED) is 0.0972. The number of rotatable bonds is 7. The van der Waals surface area contributed by atoms with E-state index in [1.807, 2.05) is 30.3 Å². The van der Waals surface area contributed by atoms with Crippen LogP contribution in [0.4, 0.5) is 5.00 Å². The van der Waals surface area contributed by atoms with Crippen molar-refractivity contribution in [2.75, 3.05) is 11.9 Å². The average molecular weight is 584 g/mol. The molecule has 1 heterocycles. The molecular formula is C32H29N3O6S. The van der Waals surface area contributed by atoms with Crippen LogP contribution in [0.5, 0.6) is 5.75 Å². The number of amides is 2. The van der Waals surface area contributed by atoms with Gasteiger partial charge in [-0.2, -0.15) is 5.10 Å². The van der Waals surface area contributed by atoms with Gasteiger partial charge in [0, 0.05) is 4.88 Å². The highest BCUT2D eigenvalue weighted by atomic mass is 32.1. The van der Waals surface area contributed by atoms with E-state index in [0.717, 1.165) is 34.1 Å². The summed E-state index contributed by atoms with van der Waals surface area (Å²) >= 11 is 1.30. The average Bonchev–Trinajstić information content (AvgIpc) is 3.34. The Kier molecular flexibility index (Phi) is 8.73. The van der Waals surface area contributed by atoms with Gasteiger partial charge in [0.05, 0.1) is 23.9 Å². The lowest BCUT2D eigenvalue weighted by atomic mass is 9.88. The lowest BCUT2D eigenvalue weighted by Gasteiger charge is -2.18. The van der Waals surface area contributed by atoms with E-state index in [4.69, 9.17) is 9.47 Å². The molecule has 214 valence electrons. The summed E-state index contributed by atoms with van der Waals surface area (Å²) in [7, 11) is 0. The van der Waals surface area contributed by atoms with Crippen LogP contribution in [0.2, 0.25) is 0 Å². The topological polar surface area (TPSA) is 123 Å². The maximum Gasteiger partial charge on any atom is 0.344 e. The fourth-order valence-electron chi connectivity index (χ4n) is 4.82. The fourth-order valence-corrected chi connectivity index (χ4v) is 6.22. The predicted octanol–water partition coefficient (Wildman–Crippen LogP) is 5.51. The lowest BCUT2D eigenvalue weighted by molar-refractivity contribution is -0.136. The Morgan fingerprint density at radius 1 is 0.976 bits per heavy atom. The summed E-state index contributed by atoms with van der Waals surface area (Å²) in [5, 5.41) is 8.48. The number of fused-ring (bicyclic) bond motifs is 2. The van der Waals surface area contributed by atoms with Crippen molar-refractivity contribution >= 4 is 57.1 Å². The number of hydrogen-bond donors (Lipinski definition) is 2. The van der Waals surface area contributed by atoms with Gasteiger partial charge in [0.15, 0.2) is 0 Å². The van der Waals surface area contributed by atoms with Crippen molar-refractivity contribution in [3.8, 4) is 5.75 Å². The molecule has 4 aromatic rings. The summed E-state index contributed by atoms with van der Waals surface area (Å²) < 4.78 is 10.7. The van der Waals surface area contributed by atoms with E-state index in [-0.39, 0.29) is 6.61 Å². The lowest BCUT2D eigenvalue weighted by Crippen LogP contribution is -2.32. The molecule has 0 unspecified atom stereocenters. The maximum atomic E-state index is 12.8. The first-order valence-corrected chi connectivity index (χ1v) is 14.4. The molecule has 42 heavy (non-hydrogen) atoms. The van der Waals surface area contributed by atoms with E-state index in [2.05, 4.69) is 22.8 Å². The normalized spacial score (nSPS) is 14.3. The molecule has 1 atom stereocenters. The number of hydrogen-bond acceptors (Lipinski definition) is 8. The van der Waals surface area contributed by atoms with Crippen LogP contribution >= 0.6 is 11.3 Å². The molecule has 0 bridgehead atoms. The third-order valence-electron chi connectivity index (χ3n) is 6.90. The van der Waals surface area contributed by atoms with Crippen LogP contribution in [-0.4, -0.2) is 36.6 Å². The third kappa shape index (κ3) is 6.39. The Morgan fingerprint density at radius 3 is 2.52 bits per heavy atom. The third-order valence-corrected chi connectivity index (χ3v) is 8.07. The molecule has 9 nitrogen and oxygen atoms in total. The van der Waals surface area contributed by atoms with E-state index in [0.29, 0.717) is 39.8 Å². The first kappa shape index (κ1) is 28.7. The predicted molar refractivity (Wildman–Crippen MR) is 161 cm³/mol. The van der Waals surface area contributed by atoms with Crippen molar-refractivity contribution in [1.29, 1.82) is 0 Å². The molecule has 2 N–H and O–H groups in total. The number of benzene rings is 3. The maximum absolute atomic E-state index is 12.8. The van der Waals surface area contributed by atoms with Crippen molar-refractivity contribution in [2.45, 2.75) is 33.1 Å².